The number of para-hydroxylation sites is 1. The van der Waals surface area contributed by atoms with Crippen LogP contribution < -0.4 is 10.1 Å². The highest BCUT2D eigenvalue weighted by Gasteiger charge is 2.16. The summed E-state index contributed by atoms with van der Waals surface area (Å²) in [5, 5.41) is 4.64. The fourth-order valence-corrected chi connectivity index (χ4v) is 4.60. The molecule has 0 saturated carbocycles. The smallest absolute Gasteiger partial charge is 0.162 e. The van der Waals surface area contributed by atoms with Crippen molar-refractivity contribution in [3.8, 4) is 17.1 Å². The van der Waals surface area contributed by atoms with Crippen LogP contribution in [0.25, 0.3) is 22.3 Å². The third-order valence-electron chi connectivity index (χ3n) is 6.61. The predicted octanol–water partition coefficient (Wildman–Crippen LogP) is 4.93. The number of aromatic nitrogens is 2. The van der Waals surface area contributed by atoms with E-state index in [0.717, 1.165) is 86.1 Å². The van der Waals surface area contributed by atoms with Crippen LogP contribution >= 0.6 is 0 Å². The van der Waals surface area contributed by atoms with Gasteiger partial charge in [-0.05, 0) is 54.9 Å². The Morgan fingerprint density at radius 2 is 1.51 bits per heavy atom. The Hall–Kier alpha value is -3.48. The SMILES string of the molecule is COc1ccc(-c2nc(NCCCN3CCN(Cc4ccccc4)CC3)c3ccccc3n2)cc1. The predicted molar refractivity (Wildman–Crippen MR) is 143 cm³/mol. The van der Waals surface area contributed by atoms with Gasteiger partial charge in [0.15, 0.2) is 5.82 Å². The van der Waals surface area contributed by atoms with E-state index in [4.69, 9.17) is 14.7 Å². The number of hydrogen-bond acceptors (Lipinski definition) is 6. The molecule has 180 valence electrons. The maximum atomic E-state index is 5.29. The largest absolute Gasteiger partial charge is 0.497 e. The molecule has 6 nitrogen and oxygen atoms in total. The van der Waals surface area contributed by atoms with E-state index in [-0.39, 0.29) is 0 Å². The topological polar surface area (TPSA) is 53.5 Å². The monoisotopic (exact) mass is 467 g/mol. The second kappa shape index (κ2) is 11.3. The number of benzene rings is 3. The molecule has 0 atom stereocenters. The molecular formula is C29H33N5O. The lowest BCUT2D eigenvalue weighted by Crippen LogP contribution is -2.46. The highest BCUT2D eigenvalue weighted by molar-refractivity contribution is 5.90. The number of fused-ring (bicyclic) bond motifs is 1. The molecule has 0 unspecified atom stereocenters. The summed E-state index contributed by atoms with van der Waals surface area (Å²) in [6.07, 6.45) is 1.08. The van der Waals surface area contributed by atoms with E-state index in [2.05, 4.69) is 51.5 Å². The van der Waals surface area contributed by atoms with Gasteiger partial charge in [-0.1, -0.05) is 42.5 Å². The highest BCUT2D eigenvalue weighted by Crippen LogP contribution is 2.26. The van der Waals surface area contributed by atoms with E-state index in [1.807, 2.05) is 42.5 Å². The Kier molecular flexibility index (Phi) is 7.51. The molecule has 0 amide bonds. The van der Waals surface area contributed by atoms with Crippen molar-refractivity contribution >= 4 is 16.7 Å². The molecule has 0 spiro atoms. The lowest BCUT2D eigenvalue weighted by atomic mass is 10.1. The first-order valence-corrected chi connectivity index (χ1v) is 12.4. The number of rotatable bonds is 9. The molecule has 1 saturated heterocycles. The van der Waals surface area contributed by atoms with Crippen LogP contribution in [-0.2, 0) is 6.54 Å². The zero-order valence-corrected chi connectivity index (χ0v) is 20.4. The molecule has 6 heteroatoms. The van der Waals surface area contributed by atoms with Crippen molar-refractivity contribution in [1.29, 1.82) is 0 Å². The molecular weight excluding hydrogens is 434 g/mol. The summed E-state index contributed by atoms with van der Waals surface area (Å²) in [6.45, 7) is 7.55. The van der Waals surface area contributed by atoms with Crippen molar-refractivity contribution < 1.29 is 4.74 Å². The fraction of sp³-hybridized carbons (Fsp3) is 0.310. The minimum Gasteiger partial charge on any atom is -0.497 e. The number of piperazine rings is 1. The molecule has 1 N–H and O–H groups in total. The first-order chi connectivity index (χ1) is 17.3. The Bertz CT molecular complexity index is 1220. The molecule has 3 aromatic carbocycles. The zero-order chi connectivity index (χ0) is 23.9. The summed E-state index contributed by atoms with van der Waals surface area (Å²) in [5.41, 5.74) is 3.33. The minimum atomic E-state index is 0.725. The Morgan fingerprint density at radius 1 is 0.800 bits per heavy atom. The number of nitrogens with one attached hydrogen (secondary N) is 1. The van der Waals surface area contributed by atoms with Crippen molar-refractivity contribution in [3.63, 3.8) is 0 Å². The molecule has 5 rings (SSSR count). The standard InChI is InChI=1S/C29H33N5O/c1-35-25-14-12-24(13-15-25)28-31-27-11-6-5-10-26(27)29(32-28)30-16-7-17-33-18-20-34(21-19-33)22-23-8-3-2-4-9-23/h2-6,8-15H,7,16-22H2,1H3,(H,30,31,32). The number of nitrogens with zero attached hydrogens (tertiary/aromatic N) is 4. The molecule has 0 aliphatic carbocycles. The molecule has 0 bridgehead atoms. The van der Waals surface area contributed by atoms with Gasteiger partial charge in [0.2, 0.25) is 0 Å². The van der Waals surface area contributed by atoms with Crippen LogP contribution in [0.1, 0.15) is 12.0 Å². The molecule has 4 aromatic rings. The first-order valence-electron chi connectivity index (χ1n) is 12.4. The summed E-state index contributed by atoms with van der Waals surface area (Å²) in [4.78, 5) is 14.8. The molecule has 1 fully saturated rings. The average Bonchev–Trinajstić information content (AvgIpc) is 2.92. The van der Waals surface area contributed by atoms with Gasteiger partial charge in [0, 0.05) is 50.2 Å². The van der Waals surface area contributed by atoms with E-state index in [1.165, 1.54) is 5.56 Å². The van der Waals surface area contributed by atoms with Gasteiger partial charge in [-0.25, -0.2) is 9.97 Å². The molecule has 1 aromatic heterocycles. The van der Waals surface area contributed by atoms with Crippen LogP contribution in [0, 0.1) is 0 Å². The zero-order valence-electron chi connectivity index (χ0n) is 20.4. The van der Waals surface area contributed by atoms with Gasteiger partial charge >= 0.3 is 0 Å². The van der Waals surface area contributed by atoms with Gasteiger partial charge in [0.1, 0.15) is 11.6 Å². The summed E-state index contributed by atoms with van der Waals surface area (Å²) >= 11 is 0. The van der Waals surface area contributed by atoms with Gasteiger partial charge < -0.3 is 15.0 Å². The van der Waals surface area contributed by atoms with Crippen LogP contribution in [0.5, 0.6) is 5.75 Å². The van der Waals surface area contributed by atoms with Crippen LogP contribution in [-0.4, -0.2) is 66.1 Å². The van der Waals surface area contributed by atoms with E-state index in [0.29, 0.717) is 0 Å². The number of ether oxygens (including phenoxy) is 1. The van der Waals surface area contributed by atoms with E-state index >= 15 is 0 Å². The van der Waals surface area contributed by atoms with Gasteiger partial charge in [0.05, 0.1) is 12.6 Å². The van der Waals surface area contributed by atoms with Crippen molar-refractivity contribution in [2.45, 2.75) is 13.0 Å². The quantitative estimate of drug-likeness (QED) is 0.353. The fourth-order valence-electron chi connectivity index (χ4n) is 4.60. The van der Waals surface area contributed by atoms with Crippen LogP contribution in [0.2, 0.25) is 0 Å². The number of methoxy groups -OCH3 is 1. The Labute approximate surface area is 207 Å². The second-order valence-electron chi connectivity index (χ2n) is 9.03. The number of hydrogen-bond donors (Lipinski definition) is 1. The molecule has 0 radical (unpaired) electrons. The van der Waals surface area contributed by atoms with Crippen molar-refractivity contribution in [2.75, 3.05) is 51.7 Å². The first kappa shape index (κ1) is 23.3. The lowest BCUT2D eigenvalue weighted by Gasteiger charge is -2.34. The average molecular weight is 468 g/mol. The molecule has 2 heterocycles. The normalized spacial score (nSPS) is 14.8. The van der Waals surface area contributed by atoms with Crippen molar-refractivity contribution in [3.05, 3.63) is 84.4 Å². The summed E-state index contributed by atoms with van der Waals surface area (Å²) in [6, 6.07) is 26.9. The van der Waals surface area contributed by atoms with Crippen LogP contribution in [0.4, 0.5) is 5.82 Å². The van der Waals surface area contributed by atoms with Gasteiger partial charge in [0.25, 0.3) is 0 Å². The number of anilines is 1. The Morgan fingerprint density at radius 3 is 2.29 bits per heavy atom. The summed E-state index contributed by atoms with van der Waals surface area (Å²) < 4.78 is 5.29. The Balaban J connectivity index is 1.16. The maximum absolute atomic E-state index is 5.29. The van der Waals surface area contributed by atoms with E-state index in [9.17, 15) is 0 Å². The summed E-state index contributed by atoms with van der Waals surface area (Å²) in [5.74, 6) is 2.45. The third kappa shape index (κ3) is 5.96. The maximum Gasteiger partial charge on any atom is 0.162 e. The van der Waals surface area contributed by atoms with E-state index in [1.54, 1.807) is 7.11 Å². The molecule has 1 aliphatic rings. The minimum absolute atomic E-state index is 0.725. The van der Waals surface area contributed by atoms with Gasteiger partial charge in [-0.3, -0.25) is 4.90 Å². The highest BCUT2D eigenvalue weighted by atomic mass is 16.5. The van der Waals surface area contributed by atoms with Crippen LogP contribution in [0.3, 0.4) is 0 Å². The lowest BCUT2D eigenvalue weighted by molar-refractivity contribution is 0.127. The second-order valence-corrected chi connectivity index (χ2v) is 9.03. The molecule has 35 heavy (non-hydrogen) atoms. The van der Waals surface area contributed by atoms with Gasteiger partial charge in [-0.2, -0.15) is 0 Å². The van der Waals surface area contributed by atoms with Crippen LogP contribution in [0.15, 0.2) is 78.9 Å². The van der Waals surface area contributed by atoms with E-state index < -0.39 is 0 Å². The van der Waals surface area contributed by atoms with Gasteiger partial charge in [-0.15, -0.1) is 0 Å². The van der Waals surface area contributed by atoms with Crippen molar-refractivity contribution in [1.82, 2.24) is 19.8 Å². The summed E-state index contributed by atoms with van der Waals surface area (Å²) in [7, 11) is 1.67. The molecule has 1 aliphatic heterocycles. The third-order valence-corrected chi connectivity index (χ3v) is 6.61. The van der Waals surface area contributed by atoms with Crippen molar-refractivity contribution in [2.24, 2.45) is 0 Å².